The molecule has 1 heterocycles. The maximum Gasteiger partial charge on any atom is 0.206 e. The summed E-state index contributed by atoms with van der Waals surface area (Å²) in [6, 6.07) is 0. The van der Waals surface area contributed by atoms with Crippen LogP contribution in [0.4, 0.5) is 0 Å². The Morgan fingerprint density at radius 3 is 2.90 bits per heavy atom. The molecule has 1 aliphatic rings. The molecule has 0 spiro atoms. The third kappa shape index (κ3) is 1.89. The van der Waals surface area contributed by atoms with Crippen LogP contribution in [0.25, 0.3) is 0 Å². The fourth-order valence-electron chi connectivity index (χ4n) is 0.586. The van der Waals surface area contributed by atoms with Crippen LogP contribution >= 0.6 is 11.8 Å². The van der Waals surface area contributed by atoms with Gasteiger partial charge in [-0.2, -0.15) is 0 Å². The average Bonchev–Trinajstić information content (AvgIpc) is 2.13. The minimum Gasteiger partial charge on any atom is -0.370 e. The lowest BCUT2D eigenvalue weighted by Gasteiger charge is -1.99. The standard InChI is InChI=1S/C4H8N4OS/c5-3(6)8-4-7-1-2(9)10-4/h4,7H,1H2,(H4,5,6,8)/t4-/m1/s1. The number of nitrogens with one attached hydrogen (secondary N) is 1. The van der Waals surface area contributed by atoms with Crippen LogP contribution in [0.2, 0.25) is 0 Å². The molecule has 1 saturated heterocycles. The quantitative estimate of drug-likeness (QED) is 0.317. The first-order valence-electron chi connectivity index (χ1n) is 2.70. The van der Waals surface area contributed by atoms with Gasteiger partial charge in [-0.3, -0.25) is 10.1 Å². The number of carbonyl (C=O) groups excluding carboxylic acids is 1. The molecular weight excluding hydrogens is 152 g/mol. The van der Waals surface area contributed by atoms with Gasteiger partial charge in [0.15, 0.2) is 11.5 Å². The van der Waals surface area contributed by atoms with E-state index in [0.29, 0.717) is 6.54 Å². The Hall–Kier alpha value is -0.750. The molecule has 5 nitrogen and oxygen atoms in total. The summed E-state index contributed by atoms with van der Waals surface area (Å²) in [7, 11) is 0. The molecule has 10 heavy (non-hydrogen) atoms. The third-order valence-electron chi connectivity index (χ3n) is 0.930. The van der Waals surface area contributed by atoms with Gasteiger partial charge in [0.2, 0.25) is 5.12 Å². The van der Waals surface area contributed by atoms with Crippen molar-refractivity contribution in [3.05, 3.63) is 0 Å². The molecule has 0 aromatic carbocycles. The number of nitrogens with two attached hydrogens (primary N) is 2. The van der Waals surface area contributed by atoms with Gasteiger partial charge in [-0.05, 0) is 11.8 Å². The molecule has 0 amide bonds. The number of hydrogen-bond donors (Lipinski definition) is 3. The first-order valence-corrected chi connectivity index (χ1v) is 3.58. The van der Waals surface area contributed by atoms with E-state index in [4.69, 9.17) is 11.5 Å². The lowest BCUT2D eigenvalue weighted by atomic mass is 10.7. The van der Waals surface area contributed by atoms with Gasteiger partial charge in [-0.1, -0.05) is 0 Å². The van der Waals surface area contributed by atoms with Crippen LogP contribution in [-0.4, -0.2) is 23.1 Å². The van der Waals surface area contributed by atoms with E-state index in [1.54, 1.807) is 0 Å². The first kappa shape index (κ1) is 7.36. The molecule has 0 radical (unpaired) electrons. The zero-order valence-corrected chi connectivity index (χ0v) is 6.02. The van der Waals surface area contributed by atoms with Crippen LogP contribution in [0.5, 0.6) is 0 Å². The highest BCUT2D eigenvalue weighted by Crippen LogP contribution is 2.15. The molecule has 1 atom stereocenters. The van der Waals surface area contributed by atoms with Gasteiger partial charge in [0.1, 0.15) is 0 Å². The van der Waals surface area contributed by atoms with Gasteiger partial charge in [-0.25, -0.2) is 4.99 Å². The fourth-order valence-corrected chi connectivity index (χ4v) is 1.34. The maximum absolute atomic E-state index is 10.6. The SMILES string of the molecule is NC(N)=N[C@H]1NCC(=O)S1. The van der Waals surface area contributed by atoms with Crippen molar-refractivity contribution in [1.29, 1.82) is 0 Å². The van der Waals surface area contributed by atoms with Gasteiger partial charge in [0.05, 0.1) is 6.54 Å². The van der Waals surface area contributed by atoms with E-state index in [9.17, 15) is 4.79 Å². The molecular formula is C4H8N4OS. The summed E-state index contributed by atoms with van der Waals surface area (Å²) in [5.41, 5.74) is 9.88. The highest BCUT2D eigenvalue weighted by atomic mass is 32.2. The molecule has 0 aromatic heterocycles. The van der Waals surface area contributed by atoms with Crippen LogP contribution in [0.3, 0.4) is 0 Å². The van der Waals surface area contributed by atoms with Crippen LogP contribution in [0, 0.1) is 0 Å². The molecule has 0 unspecified atom stereocenters. The van der Waals surface area contributed by atoms with E-state index in [1.807, 2.05) is 0 Å². The Balaban J connectivity index is 2.46. The van der Waals surface area contributed by atoms with Crippen molar-refractivity contribution >= 4 is 22.8 Å². The summed E-state index contributed by atoms with van der Waals surface area (Å²) < 4.78 is 0. The van der Waals surface area contributed by atoms with Crippen LogP contribution in [0.15, 0.2) is 4.99 Å². The minimum atomic E-state index is -0.280. The number of guanidine groups is 1. The molecule has 1 rings (SSSR count). The lowest BCUT2D eigenvalue weighted by molar-refractivity contribution is -0.109. The fraction of sp³-hybridized carbons (Fsp3) is 0.500. The van der Waals surface area contributed by atoms with Gasteiger partial charge in [0, 0.05) is 0 Å². The Bertz CT molecular complexity index is 176. The second-order valence-corrected chi connectivity index (χ2v) is 2.91. The van der Waals surface area contributed by atoms with Crippen molar-refractivity contribution in [2.45, 2.75) is 5.50 Å². The Labute approximate surface area is 62.2 Å². The molecule has 0 aromatic rings. The van der Waals surface area contributed by atoms with E-state index in [2.05, 4.69) is 10.3 Å². The van der Waals surface area contributed by atoms with Crippen molar-refractivity contribution < 1.29 is 4.79 Å². The Kier molecular flexibility index (Phi) is 2.13. The topological polar surface area (TPSA) is 93.5 Å². The zero-order chi connectivity index (χ0) is 7.56. The normalized spacial score (nSPS) is 24.8. The molecule has 56 valence electrons. The summed E-state index contributed by atoms with van der Waals surface area (Å²) in [6.45, 7) is 0.339. The van der Waals surface area contributed by atoms with E-state index < -0.39 is 0 Å². The zero-order valence-electron chi connectivity index (χ0n) is 5.20. The Morgan fingerprint density at radius 1 is 1.80 bits per heavy atom. The molecule has 1 aliphatic heterocycles. The largest absolute Gasteiger partial charge is 0.370 e. The highest BCUT2D eigenvalue weighted by Gasteiger charge is 2.20. The molecule has 6 heteroatoms. The van der Waals surface area contributed by atoms with Crippen LogP contribution in [0.1, 0.15) is 0 Å². The predicted molar refractivity (Wildman–Crippen MR) is 40.2 cm³/mol. The van der Waals surface area contributed by atoms with E-state index in [-0.39, 0.29) is 16.6 Å². The van der Waals surface area contributed by atoms with Gasteiger partial charge in [-0.15, -0.1) is 0 Å². The molecule has 0 aliphatic carbocycles. The Morgan fingerprint density at radius 2 is 2.50 bits per heavy atom. The minimum absolute atomic E-state index is 0.000278. The number of nitrogens with zero attached hydrogens (tertiary/aromatic N) is 1. The summed E-state index contributed by atoms with van der Waals surface area (Å²) in [4.78, 5) is 14.3. The number of rotatable bonds is 1. The summed E-state index contributed by atoms with van der Waals surface area (Å²) in [6.07, 6.45) is 0. The second-order valence-electron chi connectivity index (χ2n) is 1.78. The van der Waals surface area contributed by atoms with Gasteiger partial charge < -0.3 is 11.5 Å². The van der Waals surface area contributed by atoms with Crippen LogP contribution < -0.4 is 16.8 Å². The highest BCUT2D eigenvalue weighted by molar-refractivity contribution is 8.14. The number of hydrogen-bond acceptors (Lipinski definition) is 4. The van der Waals surface area contributed by atoms with Crippen molar-refractivity contribution in [1.82, 2.24) is 5.32 Å². The molecule has 0 saturated carbocycles. The summed E-state index contributed by atoms with van der Waals surface area (Å²) in [5, 5.41) is 2.87. The molecule has 1 fully saturated rings. The lowest BCUT2D eigenvalue weighted by Crippen LogP contribution is -2.28. The third-order valence-corrected chi connectivity index (χ3v) is 1.83. The molecule has 5 N–H and O–H groups in total. The smallest absolute Gasteiger partial charge is 0.206 e. The average molecular weight is 160 g/mol. The van der Waals surface area contributed by atoms with Crippen molar-refractivity contribution in [3.63, 3.8) is 0 Å². The van der Waals surface area contributed by atoms with Crippen molar-refractivity contribution in [2.75, 3.05) is 6.54 Å². The van der Waals surface area contributed by atoms with Crippen molar-refractivity contribution in [3.8, 4) is 0 Å². The first-order chi connectivity index (χ1) is 4.68. The predicted octanol–water partition coefficient (Wildman–Crippen LogP) is -1.59. The summed E-state index contributed by atoms with van der Waals surface area (Å²) >= 11 is 1.10. The monoisotopic (exact) mass is 160 g/mol. The van der Waals surface area contributed by atoms with Gasteiger partial charge in [0.25, 0.3) is 0 Å². The number of aliphatic imine (C=N–C) groups is 1. The molecule has 0 bridgehead atoms. The van der Waals surface area contributed by atoms with E-state index in [1.165, 1.54) is 0 Å². The maximum atomic E-state index is 10.6. The van der Waals surface area contributed by atoms with Crippen LogP contribution in [-0.2, 0) is 4.79 Å². The number of thioether (sulfide) groups is 1. The van der Waals surface area contributed by atoms with E-state index in [0.717, 1.165) is 11.8 Å². The number of carbonyl (C=O) groups is 1. The second kappa shape index (κ2) is 2.89. The van der Waals surface area contributed by atoms with Gasteiger partial charge >= 0.3 is 0 Å². The summed E-state index contributed by atoms with van der Waals surface area (Å²) in [5.74, 6) is -0.000278. The van der Waals surface area contributed by atoms with Crippen molar-refractivity contribution in [2.24, 2.45) is 16.5 Å². The van der Waals surface area contributed by atoms with E-state index >= 15 is 0 Å².